The van der Waals surface area contributed by atoms with Crippen molar-refractivity contribution < 1.29 is 18.7 Å². The Balaban J connectivity index is 0. The van der Waals surface area contributed by atoms with Crippen molar-refractivity contribution in [3.8, 4) is 0 Å². The first-order valence-corrected chi connectivity index (χ1v) is 7.35. The molecule has 5 heteroatoms. The van der Waals surface area contributed by atoms with E-state index in [1.807, 2.05) is 20.8 Å². The molecule has 0 aromatic carbocycles. The van der Waals surface area contributed by atoms with Gasteiger partial charge in [-0.25, -0.2) is 0 Å². The van der Waals surface area contributed by atoms with Crippen molar-refractivity contribution in [1.82, 2.24) is 0 Å². The molecule has 0 aliphatic rings. The fourth-order valence-corrected chi connectivity index (χ4v) is 1.06. The van der Waals surface area contributed by atoms with Crippen LogP contribution < -0.4 is 0 Å². The first-order chi connectivity index (χ1) is 9.55. The summed E-state index contributed by atoms with van der Waals surface area (Å²) in [6.07, 6.45) is 4.52. The number of aldehydes is 1. The Morgan fingerprint density at radius 1 is 1.20 bits per heavy atom. The van der Waals surface area contributed by atoms with Crippen LogP contribution in [0.4, 0.5) is 0 Å². The summed E-state index contributed by atoms with van der Waals surface area (Å²) in [5, 5.41) is 0.451. The minimum atomic E-state index is -0.0370. The van der Waals surface area contributed by atoms with E-state index in [1.165, 1.54) is 25.2 Å². The molecule has 20 heavy (non-hydrogen) atoms. The highest BCUT2D eigenvalue weighted by Gasteiger charge is 1.95. The molecule has 0 spiro atoms. The lowest BCUT2D eigenvalue weighted by atomic mass is 10.4. The Kier molecular flexibility index (Phi) is 17.4. The predicted molar refractivity (Wildman–Crippen MR) is 82.4 cm³/mol. The maximum atomic E-state index is 9.87. The van der Waals surface area contributed by atoms with Crippen LogP contribution in [0, 0.1) is 0 Å². The van der Waals surface area contributed by atoms with E-state index in [9.17, 15) is 4.79 Å². The van der Waals surface area contributed by atoms with Gasteiger partial charge in [0.2, 0.25) is 0 Å². The van der Waals surface area contributed by atoms with E-state index >= 15 is 0 Å². The van der Waals surface area contributed by atoms with Crippen LogP contribution in [0.2, 0.25) is 5.02 Å². The van der Waals surface area contributed by atoms with Crippen molar-refractivity contribution in [1.29, 1.82) is 0 Å². The van der Waals surface area contributed by atoms with E-state index in [4.69, 9.17) is 21.1 Å². The van der Waals surface area contributed by atoms with Gasteiger partial charge in [0.1, 0.15) is 6.26 Å². The number of unbranched alkanes of at least 4 members (excludes halogenated alkanes) is 1. The normalized spacial score (nSPS) is 9.35. The SMILES string of the molecule is CCCC.CCOC(C)OCC.O=Cc1cc(Cl)co1. The molecule has 0 fully saturated rings. The third kappa shape index (κ3) is 15.2. The number of rotatable bonds is 6. The summed E-state index contributed by atoms with van der Waals surface area (Å²) >= 11 is 5.39. The van der Waals surface area contributed by atoms with Gasteiger partial charge >= 0.3 is 0 Å². The Morgan fingerprint density at radius 2 is 1.70 bits per heavy atom. The number of furan rings is 1. The highest BCUT2D eigenvalue weighted by atomic mass is 35.5. The zero-order valence-corrected chi connectivity index (χ0v) is 13.9. The zero-order valence-electron chi connectivity index (χ0n) is 13.1. The topological polar surface area (TPSA) is 48.7 Å². The maximum Gasteiger partial charge on any atom is 0.185 e. The standard InChI is InChI=1S/C6H14O2.C5H3ClO2.C4H10/c1-4-7-6(3)8-5-2;6-4-1-5(2-7)8-3-4;1-3-4-2/h6H,4-5H2,1-3H3;1-3H;3-4H2,1-2H3. The van der Waals surface area contributed by atoms with Crippen molar-refractivity contribution in [2.75, 3.05) is 13.2 Å². The number of ether oxygens (including phenoxy) is 2. The van der Waals surface area contributed by atoms with E-state index in [2.05, 4.69) is 18.3 Å². The van der Waals surface area contributed by atoms with Gasteiger partial charge in [-0.2, -0.15) is 0 Å². The molecule has 4 nitrogen and oxygen atoms in total. The van der Waals surface area contributed by atoms with Crippen molar-refractivity contribution in [3.05, 3.63) is 23.1 Å². The van der Waals surface area contributed by atoms with Gasteiger partial charge in [0, 0.05) is 19.3 Å². The molecule has 0 bridgehead atoms. The van der Waals surface area contributed by atoms with Gasteiger partial charge in [-0.15, -0.1) is 0 Å². The second-order valence-corrected chi connectivity index (χ2v) is 4.20. The summed E-state index contributed by atoms with van der Waals surface area (Å²) in [6, 6.07) is 1.45. The monoisotopic (exact) mass is 306 g/mol. The van der Waals surface area contributed by atoms with Gasteiger partial charge in [-0.05, 0) is 20.8 Å². The van der Waals surface area contributed by atoms with Crippen LogP contribution >= 0.6 is 11.6 Å². The molecule has 0 aliphatic heterocycles. The molecule has 0 amide bonds. The molecule has 118 valence electrons. The summed E-state index contributed by atoms with van der Waals surface area (Å²) in [5.41, 5.74) is 0. The van der Waals surface area contributed by atoms with Crippen LogP contribution in [0.15, 0.2) is 16.7 Å². The molecule has 0 unspecified atom stereocenters. The summed E-state index contributed by atoms with van der Waals surface area (Å²) in [7, 11) is 0. The van der Waals surface area contributed by atoms with Gasteiger partial charge < -0.3 is 13.9 Å². The molecule has 1 aromatic rings. The fraction of sp³-hybridized carbons (Fsp3) is 0.667. The van der Waals surface area contributed by atoms with Crippen molar-refractivity contribution >= 4 is 17.9 Å². The van der Waals surface area contributed by atoms with E-state index in [1.54, 1.807) is 0 Å². The van der Waals surface area contributed by atoms with Crippen LogP contribution in [0.5, 0.6) is 0 Å². The lowest BCUT2D eigenvalue weighted by Gasteiger charge is -2.09. The van der Waals surface area contributed by atoms with Crippen molar-refractivity contribution in [3.63, 3.8) is 0 Å². The second kappa shape index (κ2) is 16.2. The van der Waals surface area contributed by atoms with E-state index in [0.29, 0.717) is 11.3 Å². The molecular weight excluding hydrogens is 280 g/mol. The molecule has 0 radical (unpaired) electrons. The maximum absolute atomic E-state index is 9.87. The molecule has 0 saturated carbocycles. The average Bonchev–Trinajstić information content (AvgIpc) is 2.86. The third-order valence-electron chi connectivity index (χ3n) is 2.01. The van der Waals surface area contributed by atoms with E-state index < -0.39 is 0 Å². The number of hydrogen-bond acceptors (Lipinski definition) is 4. The van der Waals surface area contributed by atoms with Gasteiger partial charge in [0.15, 0.2) is 18.3 Å². The minimum Gasteiger partial charge on any atom is -0.460 e. The van der Waals surface area contributed by atoms with Crippen molar-refractivity contribution in [2.45, 2.75) is 53.8 Å². The Morgan fingerprint density at radius 3 is 1.90 bits per heavy atom. The zero-order chi connectivity index (χ0) is 15.8. The van der Waals surface area contributed by atoms with Gasteiger partial charge in [-0.1, -0.05) is 38.3 Å². The summed E-state index contributed by atoms with van der Waals surface area (Å²) in [4.78, 5) is 9.87. The largest absolute Gasteiger partial charge is 0.460 e. The number of halogens is 1. The predicted octanol–water partition coefficient (Wildman–Crippen LogP) is 4.96. The molecule has 1 aromatic heterocycles. The van der Waals surface area contributed by atoms with E-state index in [0.717, 1.165) is 13.2 Å². The van der Waals surface area contributed by atoms with E-state index in [-0.39, 0.29) is 12.1 Å². The average molecular weight is 307 g/mol. The molecule has 0 aliphatic carbocycles. The molecule has 0 N–H and O–H groups in total. The second-order valence-electron chi connectivity index (χ2n) is 3.76. The highest BCUT2D eigenvalue weighted by Crippen LogP contribution is 2.10. The minimum absolute atomic E-state index is 0.0370. The lowest BCUT2D eigenvalue weighted by Crippen LogP contribution is -2.11. The van der Waals surface area contributed by atoms with Gasteiger partial charge in [0.25, 0.3) is 0 Å². The smallest absolute Gasteiger partial charge is 0.185 e. The number of carbonyl (C=O) groups excluding carboxylic acids is 1. The Labute approximate surface area is 127 Å². The Hall–Kier alpha value is -0.840. The molecule has 0 atom stereocenters. The number of carbonyl (C=O) groups is 1. The summed E-state index contributed by atoms with van der Waals surface area (Å²) in [5.74, 6) is 0.259. The molecule has 0 saturated heterocycles. The molecule has 1 rings (SSSR count). The van der Waals surface area contributed by atoms with Crippen LogP contribution in [0.3, 0.4) is 0 Å². The fourth-order valence-electron chi connectivity index (χ4n) is 0.908. The highest BCUT2D eigenvalue weighted by molar-refractivity contribution is 6.30. The first kappa shape index (κ1) is 21.5. The number of hydrogen-bond donors (Lipinski definition) is 0. The molecular formula is C15H27ClO4. The first-order valence-electron chi connectivity index (χ1n) is 6.97. The summed E-state index contributed by atoms with van der Waals surface area (Å²) in [6.45, 7) is 11.6. The quantitative estimate of drug-likeness (QED) is 0.550. The van der Waals surface area contributed by atoms with Crippen LogP contribution in [0.25, 0.3) is 0 Å². The van der Waals surface area contributed by atoms with Crippen LogP contribution in [0.1, 0.15) is 58.0 Å². The van der Waals surface area contributed by atoms with Crippen LogP contribution in [-0.4, -0.2) is 25.8 Å². The van der Waals surface area contributed by atoms with Gasteiger partial charge in [-0.3, -0.25) is 4.79 Å². The van der Waals surface area contributed by atoms with Gasteiger partial charge in [0.05, 0.1) is 5.02 Å². The lowest BCUT2D eigenvalue weighted by molar-refractivity contribution is -0.123. The van der Waals surface area contributed by atoms with Crippen molar-refractivity contribution in [2.24, 2.45) is 0 Å². The molecule has 1 heterocycles. The van der Waals surface area contributed by atoms with Crippen LogP contribution in [-0.2, 0) is 9.47 Å². The third-order valence-corrected chi connectivity index (χ3v) is 2.20. The summed E-state index contributed by atoms with van der Waals surface area (Å²) < 4.78 is 14.7. The Bertz CT molecular complexity index is 305.